The molecule has 0 saturated heterocycles. The molecule has 0 aromatic carbocycles. The van der Waals surface area contributed by atoms with E-state index in [1.807, 2.05) is 27.7 Å². The van der Waals surface area contributed by atoms with Crippen LogP contribution in [0.1, 0.15) is 41.5 Å². The summed E-state index contributed by atoms with van der Waals surface area (Å²) in [7, 11) is 0. The van der Waals surface area contributed by atoms with E-state index in [9.17, 15) is 9.59 Å². The molecule has 0 aliphatic carbocycles. The fraction of sp³-hybridized carbons (Fsp3) is 0.846. The van der Waals surface area contributed by atoms with Crippen LogP contribution in [0, 0.1) is 17.3 Å². The van der Waals surface area contributed by atoms with Crippen LogP contribution >= 0.6 is 0 Å². The van der Waals surface area contributed by atoms with Crippen molar-refractivity contribution in [3.8, 4) is 0 Å². The number of hydrogen-bond acceptors (Lipinski definition) is 4. The number of carbonyl (C=O) groups excluding carboxylic acids is 2. The van der Waals surface area contributed by atoms with Crippen LogP contribution < -0.4 is 0 Å². The first-order chi connectivity index (χ1) is 7.85. The lowest BCUT2D eigenvalue weighted by Gasteiger charge is -2.35. The van der Waals surface area contributed by atoms with Gasteiger partial charge in [0.1, 0.15) is 0 Å². The van der Waals surface area contributed by atoms with Crippen molar-refractivity contribution in [2.45, 2.75) is 41.5 Å². The third kappa shape index (κ3) is 2.99. The van der Waals surface area contributed by atoms with Gasteiger partial charge in [-0.2, -0.15) is 0 Å². The molecule has 0 aliphatic rings. The lowest BCUT2D eigenvalue weighted by molar-refractivity contribution is -0.180. The van der Waals surface area contributed by atoms with E-state index in [-0.39, 0.29) is 25.0 Å². The molecule has 4 nitrogen and oxygen atoms in total. The van der Waals surface area contributed by atoms with E-state index in [1.165, 1.54) is 0 Å². The second-order valence-corrected chi connectivity index (χ2v) is 4.62. The first-order valence-corrected chi connectivity index (χ1v) is 6.19. The van der Waals surface area contributed by atoms with Gasteiger partial charge in [0, 0.05) is 0 Å². The molecule has 0 heterocycles. The average molecular weight is 244 g/mol. The van der Waals surface area contributed by atoms with Crippen molar-refractivity contribution in [1.29, 1.82) is 0 Å². The molecule has 4 heteroatoms. The van der Waals surface area contributed by atoms with Crippen molar-refractivity contribution in [1.82, 2.24) is 0 Å². The molecule has 0 amide bonds. The Bertz CT molecular complexity index is 241. The summed E-state index contributed by atoms with van der Waals surface area (Å²) in [5.74, 6) is -1.30. The number of esters is 2. The Hall–Kier alpha value is -1.06. The van der Waals surface area contributed by atoms with E-state index in [0.29, 0.717) is 0 Å². The number of carbonyl (C=O) groups is 2. The van der Waals surface area contributed by atoms with Crippen LogP contribution in [0.4, 0.5) is 0 Å². The van der Waals surface area contributed by atoms with Crippen LogP contribution in [0.3, 0.4) is 0 Å². The van der Waals surface area contributed by atoms with Crippen molar-refractivity contribution in [2.24, 2.45) is 17.3 Å². The molecule has 0 N–H and O–H groups in total. The van der Waals surface area contributed by atoms with Gasteiger partial charge in [0.15, 0.2) is 5.41 Å². The molecule has 0 spiro atoms. The summed E-state index contributed by atoms with van der Waals surface area (Å²) >= 11 is 0. The second-order valence-electron chi connectivity index (χ2n) is 4.62. The zero-order valence-corrected chi connectivity index (χ0v) is 11.7. The van der Waals surface area contributed by atoms with Crippen LogP contribution in [0.25, 0.3) is 0 Å². The maximum absolute atomic E-state index is 12.1. The minimum absolute atomic E-state index is 0.166. The molecular weight excluding hydrogens is 220 g/mol. The molecule has 0 aromatic rings. The predicted molar refractivity (Wildman–Crippen MR) is 65.4 cm³/mol. The zero-order chi connectivity index (χ0) is 13.6. The summed E-state index contributed by atoms with van der Waals surface area (Å²) in [6.07, 6.45) is 0. The molecule has 0 radical (unpaired) electrons. The predicted octanol–water partition coefficient (Wildman–Crippen LogP) is 2.41. The number of rotatable bonds is 6. The summed E-state index contributed by atoms with van der Waals surface area (Å²) in [5, 5.41) is 0. The van der Waals surface area contributed by atoms with E-state index >= 15 is 0 Å². The van der Waals surface area contributed by atoms with Crippen molar-refractivity contribution >= 4 is 11.9 Å². The Kier molecular flexibility index (Phi) is 6.21. The highest BCUT2D eigenvalue weighted by Gasteiger charge is 2.53. The van der Waals surface area contributed by atoms with E-state index in [0.717, 1.165) is 0 Å². The van der Waals surface area contributed by atoms with Crippen LogP contribution in [0.15, 0.2) is 0 Å². The van der Waals surface area contributed by atoms with Crippen LogP contribution in [-0.4, -0.2) is 25.2 Å². The van der Waals surface area contributed by atoms with E-state index in [1.54, 1.807) is 13.8 Å². The van der Waals surface area contributed by atoms with E-state index in [2.05, 4.69) is 0 Å². The third-order valence-electron chi connectivity index (χ3n) is 3.05. The van der Waals surface area contributed by atoms with Gasteiger partial charge in [-0.3, -0.25) is 9.59 Å². The highest BCUT2D eigenvalue weighted by molar-refractivity contribution is 6.00. The molecule has 0 unspecified atom stereocenters. The molecule has 0 atom stereocenters. The third-order valence-corrected chi connectivity index (χ3v) is 3.05. The van der Waals surface area contributed by atoms with Gasteiger partial charge in [-0.25, -0.2) is 0 Å². The average Bonchev–Trinajstić information content (AvgIpc) is 2.17. The SMILES string of the molecule is CCOC(=O)C(C(=O)OCC)(C(C)C)C(C)C. The summed E-state index contributed by atoms with van der Waals surface area (Å²) in [6.45, 7) is 11.4. The van der Waals surface area contributed by atoms with Gasteiger partial charge in [0.05, 0.1) is 13.2 Å². The first kappa shape index (κ1) is 15.9. The molecule has 0 bridgehead atoms. The lowest BCUT2D eigenvalue weighted by atomic mass is 9.69. The Balaban J connectivity index is 5.43. The topological polar surface area (TPSA) is 52.6 Å². The van der Waals surface area contributed by atoms with Gasteiger partial charge in [0.25, 0.3) is 0 Å². The Morgan fingerprint density at radius 3 is 1.35 bits per heavy atom. The normalized spacial score (nSPS) is 11.8. The van der Waals surface area contributed by atoms with E-state index in [4.69, 9.17) is 9.47 Å². The molecule has 0 aliphatic heterocycles. The van der Waals surface area contributed by atoms with Gasteiger partial charge >= 0.3 is 11.9 Å². The van der Waals surface area contributed by atoms with E-state index < -0.39 is 17.4 Å². The zero-order valence-electron chi connectivity index (χ0n) is 11.7. The molecule has 0 rings (SSSR count). The van der Waals surface area contributed by atoms with Crippen LogP contribution in [0.2, 0.25) is 0 Å². The Morgan fingerprint density at radius 2 is 1.18 bits per heavy atom. The number of ether oxygens (including phenoxy) is 2. The highest BCUT2D eigenvalue weighted by Crippen LogP contribution is 2.38. The quantitative estimate of drug-likeness (QED) is 0.532. The van der Waals surface area contributed by atoms with Crippen molar-refractivity contribution in [2.75, 3.05) is 13.2 Å². The molecular formula is C13H24O4. The van der Waals surface area contributed by atoms with Gasteiger partial charge in [-0.15, -0.1) is 0 Å². The minimum Gasteiger partial charge on any atom is -0.465 e. The summed E-state index contributed by atoms with van der Waals surface area (Å²) in [4.78, 5) is 24.3. The lowest BCUT2D eigenvalue weighted by Crippen LogP contribution is -2.50. The maximum Gasteiger partial charge on any atom is 0.324 e. The smallest absolute Gasteiger partial charge is 0.324 e. The summed E-state index contributed by atoms with van der Waals surface area (Å²) in [5.41, 5.74) is -1.20. The van der Waals surface area contributed by atoms with Crippen molar-refractivity contribution in [3.05, 3.63) is 0 Å². The monoisotopic (exact) mass is 244 g/mol. The van der Waals surface area contributed by atoms with Gasteiger partial charge in [0.2, 0.25) is 0 Å². The first-order valence-electron chi connectivity index (χ1n) is 6.19. The van der Waals surface area contributed by atoms with Gasteiger partial charge < -0.3 is 9.47 Å². The van der Waals surface area contributed by atoms with Crippen molar-refractivity contribution < 1.29 is 19.1 Å². The fourth-order valence-electron chi connectivity index (χ4n) is 2.19. The largest absolute Gasteiger partial charge is 0.465 e. The minimum atomic E-state index is -1.20. The summed E-state index contributed by atoms with van der Waals surface area (Å²) < 4.78 is 10.1. The molecule has 0 aromatic heterocycles. The fourth-order valence-corrected chi connectivity index (χ4v) is 2.19. The van der Waals surface area contributed by atoms with Crippen LogP contribution in [0.5, 0.6) is 0 Å². The van der Waals surface area contributed by atoms with Gasteiger partial charge in [-0.05, 0) is 25.7 Å². The van der Waals surface area contributed by atoms with Crippen molar-refractivity contribution in [3.63, 3.8) is 0 Å². The molecule has 100 valence electrons. The Labute approximate surface area is 104 Å². The van der Waals surface area contributed by atoms with Gasteiger partial charge in [-0.1, -0.05) is 27.7 Å². The molecule has 17 heavy (non-hydrogen) atoms. The Morgan fingerprint density at radius 1 is 0.882 bits per heavy atom. The molecule has 0 fully saturated rings. The maximum atomic E-state index is 12.1. The standard InChI is InChI=1S/C13H24O4/c1-7-16-11(14)13(9(3)4,10(5)6)12(15)17-8-2/h9-10H,7-8H2,1-6H3. The second kappa shape index (κ2) is 6.62. The van der Waals surface area contributed by atoms with Crippen LogP contribution in [-0.2, 0) is 19.1 Å². The number of hydrogen-bond donors (Lipinski definition) is 0. The summed E-state index contributed by atoms with van der Waals surface area (Å²) in [6, 6.07) is 0. The highest BCUT2D eigenvalue weighted by atomic mass is 16.6. The molecule has 0 saturated carbocycles.